The number of unbranched alkanes of at least 4 members (excludes halogenated alkanes) is 1. The first-order chi connectivity index (χ1) is 3.65. The first-order valence-corrected chi connectivity index (χ1v) is 11.8. The second-order valence-electron chi connectivity index (χ2n) is 1.07. The minimum absolute atomic E-state index is 1.07. The number of rotatable bonds is 1. The van der Waals surface area contributed by atoms with Crippen molar-refractivity contribution < 1.29 is 18.2 Å². The number of halogens is 3. The molecule has 0 nitrogen and oxygen atoms in total. The number of hydrogen-bond donors (Lipinski definition) is 0. The standard InChI is InChI=1S/C4H9.3ClH.Zr/c1-3-4-2;;;;/h1,3-4H2,2H3;3*1H;/q-1;;;;+3/p-3. The first-order valence-electron chi connectivity index (χ1n) is 2.27. The minimum atomic E-state index is -2.13. The molecule has 0 aromatic heterocycles. The quantitative estimate of drug-likeness (QED) is 0.626. The second kappa shape index (κ2) is 11.5. The van der Waals surface area contributed by atoms with Gasteiger partial charge in [-0.25, -0.2) is 0 Å². The molecule has 51 valence electrons. The predicted molar refractivity (Wildman–Crippen MR) is 37.8 cm³/mol. The summed E-state index contributed by atoms with van der Waals surface area (Å²) in [5.41, 5.74) is 0. The van der Waals surface area contributed by atoms with E-state index >= 15 is 0 Å². The molecule has 0 amide bonds. The summed E-state index contributed by atoms with van der Waals surface area (Å²) in [6.07, 6.45) is 2.28. The van der Waals surface area contributed by atoms with Gasteiger partial charge in [0.1, 0.15) is 0 Å². The van der Waals surface area contributed by atoms with E-state index in [1.165, 1.54) is 6.42 Å². The Morgan fingerprint density at radius 1 is 1.38 bits per heavy atom. The molecule has 0 aliphatic rings. The van der Waals surface area contributed by atoms with Crippen molar-refractivity contribution in [3.05, 3.63) is 6.92 Å². The SMILES string of the molecule is [CH2-]CCC.[Cl][Zr]([Cl])[Cl]. The summed E-state index contributed by atoms with van der Waals surface area (Å²) in [7, 11) is 15.0. The van der Waals surface area contributed by atoms with Crippen LogP contribution in [0.3, 0.4) is 0 Å². The summed E-state index contributed by atoms with van der Waals surface area (Å²) in [4.78, 5) is 0. The molecule has 0 radical (unpaired) electrons. The van der Waals surface area contributed by atoms with Crippen LogP contribution in [0.25, 0.3) is 0 Å². The van der Waals surface area contributed by atoms with Gasteiger partial charge >= 0.3 is 43.7 Å². The van der Waals surface area contributed by atoms with Crippen molar-refractivity contribution in [2.45, 2.75) is 19.8 Å². The Kier molecular flexibility index (Phi) is 17.9. The zero-order valence-electron chi connectivity index (χ0n) is 4.76. The van der Waals surface area contributed by atoms with Gasteiger partial charge in [0.05, 0.1) is 0 Å². The Morgan fingerprint density at radius 3 is 1.50 bits per heavy atom. The Morgan fingerprint density at radius 2 is 1.50 bits per heavy atom. The maximum absolute atomic E-state index is 5.00. The van der Waals surface area contributed by atoms with Crippen LogP contribution >= 0.6 is 25.5 Å². The summed E-state index contributed by atoms with van der Waals surface area (Å²) in [5, 5.41) is 0. The van der Waals surface area contributed by atoms with Crippen molar-refractivity contribution in [1.82, 2.24) is 0 Å². The van der Waals surface area contributed by atoms with Crippen molar-refractivity contribution in [3.63, 3.8) is 0 Å². The molecule has 0 fully saturated rings. The molecule has 0 aliphatic heterocycles. The van der Waals surface area contributed by atoms with Crippen LogP contribution in [-0.2, 0) is 18.2 Å². The van der Waals surface area contributed by atoms with Crippen LogP contribution in [0, 0.1) is 6.92 Å². The fraction of sp³-hybridized carbons (Fsp3) is 0.750. The first kappa shape index (κ1) is 12.4. The van der Waals surface area contributed by atoms with E-state index in [1.807, 2.05) is 0 Å². The topological polar surface area (TPSA) is 0 Å². The molecular formula is C4H9Cl3Zr-. The van der Waals surface area contributed by atoms with E-state index < -0.39 is 18.2 Å². The summed E-state index contributed by atoms with van der Waals surface area (Å²) in [6.45, 7) is 5.72. The molecule has 0 aromatic carbocycles. The summed E-state index contributed by atoms with van der Waals surface area (Å²) in [5.74, 6) is 0. The zero-order valence-corrected chi connectivity index (χ0v) is 9.48. The third kappa shape index (κ3) is 46.6. The molecule has 4 heteroatoms. The Labute approximate surface area is 69.8 Å². The van der Waals surface area contributed by atoms with E-state index in [1.54, 1.807) is 0 Å². The van der Waals surface area contributed by atoms with Gasteiger partial charge in [-0.1, -0.05) is 13.3 Å². The Hall–Kier alpha value is 1.75. The molecule has 0 bridgehead atoms. The van der Waals surface area contributed by atoms with Crippen LogP contribution < -0.4 is 0 Å². The van der Waals surface area contributed by atoms with Crippen molar-refractivity contribution in [2.24, 2.45) is 0 Å². The predicted octanol–water partition coefficient (Wildman–Crippen LogP) is 3.69. The molecule has 0 atom stereocenters. The molecule has 0 heterocycles. The molecule has 0 saturated heterocycles. The Bertz CT molecular complexity index is 27.7. The average molecular weight is 255 g/mol. The van der Waals surface area contributed by atoms with E-state index in [-0.39, 0.29) is 0 Å². The second-order valence-corrected chi connectivity index (χ2v) is 12.3. The molecular weight excluding hydrogens is 246 g/mol. The summed E-state index contributed by atoms with van der Waals surface area (Å²) >= 11 is -2.13. The van der Waals surface area contributed by atoms with E-state index in [4.69, 9.17) is 25.5 Å². The fourth-order valence-corrected chi connectivity index (χ4v) is 0. The van der Waals surface area contributed by atoms with Crippen LogP contribution in [0.5, 0.6) is 0 Å². The third-order valence-electron chi connectivity index (χ3n) is 0.354. The fourth-order valence-electron chi connectivity index (χ4n) is 0. The molecule has 0 aromatic rings. The molecule has 0 aliphatic carbocycles. The average Bonchev–Trinajstić information content (AvgIpc) is 1.65. The van der Waals surface area contributed by atoms with Gasteiger partial charge in [0.2, 0.25) is 0 Å². The van der Waals surface area contributed by atoms with Crippen molar-refractivity contribution >= 4 is 25.5 Å². The van der Waals surface area contributed by atoms with E-state index in [0.717, 1.165) is 6.42 Å². The normalized spacial score (nSPS) is 7.12. The molecule has 0 spiro atoms. The van der Waals surface area contributed by atoms with E-state index in [9.17, 15) is 0 Å². The maximum atomic E-state index is 5.00. The van der Waals surface area contributed by atoms with E-state index in [0.29, 0.717) is 0 Å². The van der Waals surface area contributed by atoms with Gasteiger partial charge in [-0.05, 0) is 0 Å². The van der Waals surface area contributed by atoms with Gasteiger partial charge in [0.15, 0.2) is 0 Å². The molecule has 8 heavy (non-hydrogen) atoms. The van der Waals surface area contributed by atoms with Gasteiger partial charge in [0, 0.05) is 0 Å². The van der Waals surface area contributed by atoms with Crippen molar-refractivity contribution in [3.8, 4) is 0 Å². The van der Waals surface area contributed by atoms with E-state index in [2.05, 4.69) is 13.8 Å². The van der Waals surface area contributed by atoms with Crippen LogP contribution in [-0.4, -0.2) is 0 Å². The van der Waals surface area contributed by atoms with Gasteiger partial charge in [-0.15, -0.1) is 0 Å². The van der Waals surface area contributed by atoms with Crippen LogP contribution in [0.4, 0.5) is 0 Å². The summed E-state index contributed by atoms with van der Waals surface area (Å²) in [6, 6.07) is 0. The Balaban J connectivity index is 0. The van der Waals surface area contributed by atoms with Gasteiger partial charge in [-0.2, -0.15) is 6.42 Å². The molecule has 0 saturated carbocycles. The monoisotopic (exact) mass is 252 g/mol. The third-order valence-corrected chi connectivity index (χ3v) is 0.354. The van der Waals surface area contributed by atoms with Crippen molar-refractivity contribution in [1.29, 1.82) is 0 Å². The molecule has 0 unspecified atom stereocenters. The van der Waals surface area contributed by atoms with Gasteiger partial charge in [0.25, 0.3) is 0 Å². The number of hydrogen-bond acceptors (Lipinski definition) is 0. The van der Waals surface area contributed by atoms with Gasteiger partial charge < -0.3 is 6.92 Å². The van der Waals surface area contributed by atoms with Gasteiger partial charge in [-0.3, -0.25) is 0 Å². The van der Waals surface area contributed by atoms with Crippen molar-refractivity contribution in [2.75, 3.05) is 0 Å². The van der Waals surface area contributed by atoms with Crippen LogP contribution in [0.2, 0.25) is 0 Å². The zero-order chi connectivity index (χ0) is 6.99. The van der Waals surface area contributed by atoms with Crippen LogP contribution in [0.15, 0.2) is 0 Å². The van der Waals surface area contributed by atoms with Crippen LogP contribution in [0.1, 0.15) is 19.8 Å². The summed E-state index contributed by atoms with van der Waals surface area (Å²) < 4.78 is 0. The molecule has 0 N–H and O–H groups in total. The molecule has 0 rings (SSSR count).